The van der Waals surface area contributed by atoms with Crippen LogP contribution in [0.3, 0.4) is 0 Å². The first kappa shape index (κ1) is 20.6. The van der Waals surface area contributed by atoms with E-state index in [1.54, 1.807) is 18.4 Å². The zero-order chi connectivity index (χ0) is 21.3. The summed E-state index contributed by atoms with van der Waals surface area (Å²) >= 11 is 0. The number of pyridine rings is 1. The van der Waals surface area contributed by atoms with Crippen molar-refractivity contribution in [2.24, 2.45) is 0 Å². The predicted molar refractivity (Wildman–Crippen MR) is 101 cm³/mol. The van der Waals surface area contributed by atoms with Gasteiger partial charge in [0.05, 0.1) is 17.1 Å². The molecule has 1 amide bonds. The summed E-state index contributed by atoms with van der Waals surface area (Å²) in [5, 5.41) is 2.46. The SMILES string of the molecule is CCn1cc(C(=O)N[C@H](C)c2ccc(F)cc2)c(=O)c2cc(C(F)(F)F)ccc21. The highest BCUT2D eigenvalue weighted by atomic mass is 19.4. The largest absolute Gasteiger partial charge is 0.416 e. The second-order valence-electron chi connectivity index (χ2n) is 6.63. The Bertz CT molecular complexity index is 1120. The van der Waals surface area contributed by atoms with Gasteiger partial charge in [-0.1, -0.05) is 12.1 Å². The van der Waals surface area contributed by atoms with E-state index in [1.807, 2.05) is 0 Å². The molecule has 3 rings (SSSR count). The smallest absolute Gasteiger partial charge is 0.347 e. The molecule has 1 atom stereocenters. The topological polar surface area (TPSA) is 51.1 Å². The maximum Gasteiger partial charge on any atom is 0.416 e. The van der Waals surface area contributed by atoms with Gasteiger partial charge in [0, 0.05) is 18.1 Å². The predicted octanol–water partition coefficient (Wildman–Crippen LogP) is 4.67. The molecule has 0 aliphatic rings. The monoisotopic (exact) mass is 406 g/mol. The number of nitrogens with one attached hydrogen (secondary N) is 1. The van der Waals surface area contributed by atoms with E-state index in [-0.39, 0.29) is 10.9 Å². The van der Waals surface area contributed by atoms with Crippen LogP contribution in [0.1, 0.15) is 41.4 Å². The van der Waals surface area contributed by atoms with Crippen molar-refractivity contribution >= 4 is 16.8 Å². The summed E-state index contributed by atoms with van der Waals surface area (Å²) in [6.45, 7) is 3.77. The van der Waals surface area contributed by atoms with E-state index in [0.29, 0.717) is 17.6 Å². The molecule has 0 aliphatic carbocycles. The summed E-state index contributed by atoms with van der Waals surface area (Å²) < 4.78 is 53.8. The van der Waals surface area contributed by atoms with Gasteiger partial charge in [-0.15, -0.1) is 0 Å². The number of carbonyl (C=O) groups excluding carboxylic acids is 1. The molecule has 0 saturated heterocycles. The van der Waals surface area contributed by atoms with Crippen LogP contribution in [0, 0.1) is 5.82 Å². The van der Waals surface area contributed by atoms with Crippen LogP contribution < -0.4 is 10.7 Å². The minimum absolute atomic E-state index is 0.177. The van der Waals surface area contributed by atoms with Gasteiger partial charge in [-0.3, -0.25) is 9.59 Å². The molecule has 1 N–H and O–H groups in total. The average Bonchev–Trinajstić information content (AvgIpc) is 2.67. The summed E-state index contributed by atoms with van der Waals surface area (Å²) in [4.78, 5) is 25.5. The lowest BCUT2D eigenvalue weighted by atomic mass is 10.1. The number of benzene rings is 2. The first-order valence-corrected chi connectivity index (χ1v) is 8.92. The second kappa shape index (κ2) is 7.69. The van der Waals surface area contributed by atoms with Crippen LogP contribution in [-0.4, -0.2) is 10.5 Å². The van der Waals surface area contributed by atoms with Crippen molar-refractivity contribution in [3.05, 3.63) is 81.4 Å². The summed E-state index contributed by atoms with van der Waals surface area (Å²) in [6.07, 6.45) is -3.27. The van der Waals surface area contributed by atoms with E-state index in [4.69, 9.17) is 0 Å². The lowest BCUT2D eigenvalue weighted by Gasteiger charge is -2.16. The third-order valence-electron chi connectivity index (χ3n) is 4.71. The van der Waals surface area contributed by atoms with Crippen molar-refractivity contribution in [2.45, 2.75) is 32.6 Å². The number of hydrogen-bond donors (Lipinski definition) is 1. The number of alkyl halides is 3. The Labute approximate surface area is 163 Å². The van der Waals surface area contributed by atoms with Crippen LogP contribution in [0.25, 0.3) is 10.9 Å². The number of halogens is 4. The fourth-order valence-electron chi connectivity index (χ4n) is 3.11. The van der Waals surface area contributed by atoms with Crippen molar-refractivity contribution in [2.75, 3.05) is 0 Å². The number of carbonyl (C=O) groups is 1. The Hall–Kier alpha value is -3.16. The Morgan fingerprint density at radius 2 is 1.79 bits per heavy atom. The van der Waals surface area contributed by atoms with Crippen LogP contribution in [0.4, 0.5) is 17.6 Å². The lowest BCUT2D eigenvalue weighted by molar-refractivity contribution is -0.137. The van der Waals surface area contributed by atoms with Gasteiger partial charge in [-0.2, -0.15) is 13.2 Å². The van der Waals surface area contributed by atoms with Crippen molar-refractivity contribution in [1.29, 1.82) is 0 Å². The molecule has 2 aromatic carbocycles. The Morgan fingerprint density at radius 3 is 2.38 bits per heavy atom. The first-order chi connectivity index (χ1) is 13.6. The fourth-order valence-corrected chi connectivity index (χ4v) is 3.11. The summed E-state index contributed by atoms with van der Waals surface area (Å²) in [5.74, 6) is -1.14. The molecule has 4 nitrogen and oxygen atoms in total. The Morgan fingerprint density at radius 1 is 1.14 bits per heavy atom. The van der Waals surface area contributed by atoms with Crippen molar-refractivity contribution in [3.63, 3.8) is 0 Å². The minimum atomic E-state index is -4.60. The van der Waals surface area contributed by atoms with Crippen LogP contribution >= 0.6 is 0 Å². The van der Waals surface area contributed by atoms with Crippen LogP contribution in [-0.2, 0) is 12.7 Å². The number of nitrogens with zero attached hydrogens (tertiary/aromatic N) is 1. The second-order valence-corrected chi connectivity index (χ2v) is 6.63. The van der Waals surface area contributed by atoms with Crippen molar-refractivity contribution in [3.8, 4) is 0 Å². The molecule has 0 fully saturated rings. The van der Waals surface area contributed by atoms with Crippen LogP contribution in [0.15, 0.2) is 53.5 Å². The lowest BCUT2D eigenvalue weighted by Crippen LogP contribution is -2.32. The number of hydrogen-bond acceptors (Lipinski definition) is 2. The number of fused-ring (bicyclic) bond motifs is 1. The fraction of sp³-hybridized carbons (Fsp3) is 0.238. The highest BCUT2D eigenvalue weighted by molar-refractivity contribution is 5.97. The molecule has 29 heavy (non-hydrogen) atoms. The highest BCUT2D eigenvalue weighted by Crippen LogP contribution is 2.30. The molecule has 0 bridgehead atoms. The van der Waals surface area contributed by atoms with Gasteiger partial charge in [-0.05, 0) is 49.7 Å². The highest BCUT2D eigenvalue weighted by Gasteiger charge is 2.31. The van der Waals surface area contributed by atoms with Gasteiger partial charge in [0.2, 0.25) is 5.43 Å². The maximum atomic E-state index is 13.1. The van der Waals surface area contributed by atoms with E-state index in [9.17, 15) is 27.2 Å². The van der Waals surface area contributed by atoms with E-state index in [1.165, 1.54) is 36.5 Å². The number of aryl methyl sites for hydroxylation is 1. The number of amides is 1. The Kier molecular flexibility index (Phi) is 5.46. The molecular formula is C21H18F4N2O2. The zero-order valence-corrected chi connectivity index (χ0v) is 15.7. The third-order valence-corrected chi connectivity index (χ3v) is 4.71. The van der Waals surface area contributed by atoms with Gasteiger partial charge in [0.1, 0.15) is 11.4 Å². The van der Waals surface area contributed by atoms with Gasteiger partial charge >= 0.3 is 6.18 Å². The quantitative estimate of drug-likeness (QED) is 0.640. The third kappa shape index (κ3) is 4.16. The van der Waals surface area contributed by atoms with Gasteiger partial charge in [0.25, 0.3) is 5.91 Å². The van der Waals surface area contributed by atoms with Crippen LogP contribution in [0.5, 0.6) is 0 Å². The number of rotatable bonds is 4. The molecule has 0 unspecified atom stereocenters. The van der Waals surface area contributed by atoms with E-state index < -0.39 is 34.9 Å². The molecule has 3 aromatic rings. The summed E-state index contributed by atoms with van der Waals surface area (Å²) in [5.41, 5.74) is -1.06. The van der Waals surface area contributed by atoms with Gasteiger partial charge < -0.3 is 9.88 Å². The molecule has 8 heteroatoms. The van der Waals surface area contributed by atoms with E-state index in [0.717, 1.165) is 12.1 Å². The van der Waals surface area contributed by atoms with Gasteiger partial charge in [0.15, 0.2) is 0 Å². The molecule has 0 aliphatic heterocycles. The van der Waals surface area contributed by atoms with E-state index in [2.05, 4.69) is 5.32 Å². The summed E-state index contributed by atoms with van der Waals surface area (Å²) in [6, 6.07) is 7.87. The summed E-state index contributed by atoms with van der Waals surface area (Å²) in [7, 11) is 0. The molecule has 0 saturated carbocycles. The first-order valence-electron chi connectivity index (χ1n) is 8.92. The maximum absolute atomic E-state index is 13.1. The van der Waals surface area contributed by atoms with Crippen molar-refractivity contribution < 1.29 is 22.4 Å². The van der Waals surface area contributed by atoms with Crippen molar-refractivity contribution in [1.82, 2.24) is 9.88 Å². The van der Waals surface area contributed by atoms with Gasteiger partial charge in [-0.25, -0.2) is 4.39 Å². The molecule has 1 heterocycles. The number of aromatic nitrogens is 1. The molecule has 1 aromatic heterocycles. The standard InChI is InChI=1S/C21H18F4N2O2/c1-3-27-11-17(20(29)26-12(2)13-4-7-15(22)8-5-13)19(28)16-10-14(21(23,24)25)6-9-18(16)27/h4-12H,3H2,1-2H3,(H,26,29)/t12-/m1/s1. The molecule has 0 radical (unpaired) electrons. The zero-order valence-electron chi connectivity index (χ0n) is 15.7. The average molecular weight is 406 g/mol. The minimum Gasteiger partial charge on any atom is -0.347 e. The van der Waals surface area contributed by atoms with Crippen LogP contribution in [0.2, 0.25) is 0 Å². The normalized spacial score (nSPS) is 12.8. The molecule has 152 valence electrons. The Balaban J connectivity index is 2.03. The van der Waals surface area contributed by atoms with E-state index >= 15 is 0 Å². The molecular weight excluding hydrogens is 388 g/mol. The molecule has 0 spiro atoms.